The van der Waals surface area contributed by atoms with Crippen molar-refractivity contribution in [1.82, 2.24) is 0 Å². The van der Waals surface area contributed by atoms with Gasteiger partial charge in [0.05, 0.1) is 0 Å². The molecule has 0 heteroatoms. The minimum atomic E-state index is 0.392. The molecule has 0 heterocycles. The minimum Gasteiger partial charge on any atom is -0.119 e. The Balaban J connectivity index is 2.49. The van der Waals surface area contributed by atoms with E-state index in [0.717, 1.165) is 0 Å². The Morgan fingerprint density at radius 2 is 2.50 bits per heavy atom. The first-order valence-corrected chi connectivity index (χ1v) is 2.99. The van der Waals surface area contributed by atoms with E-state index in [0.29, 0.717) is 5.92 Å². The highest BCUT2D eigenvalue weighted by Gasteiger charge is 2.09. The van der Waals surface area contributed by atoms with Crippen LogP contribution in [0.2, 0.25) is 0 Å². The second kappa shape index (κ2) is 2.05. The molecule has 0 saturated heterocycles. The van der Waals surface area contributed by atoms with Crippen molar-refractivity contribution in [3.63, 3.8) is 0 Å². The predicted molar refractivity (Wildman–Crippen MR) is 35.3 cm³/mol. The molecule has 1 atom stereocenters. The number of rotatable bonds is 1. The maximum Gasteiger partial charge on any atom is 0.0381 e. The lowest BCUT2D eigenvalue weighted by Crippen LogP contribution is -2.02. The molecular formula is C8H10. The van der Waals surface area contributed by atoms with Crippen molar-refractivity contribution < 1.29 is 0 Å². The molecular weight excluding hydrogens is 96.1 g/mol. The van der Waals surface area contributed by atoms with E-state index in [4.69, 9.17) is 6.42 Å². The second-order valence-electron chi connectivity index (χ2n) is 2.21. The summed E-state index contributed by atoms with van der Waals surface area (Å²) in [5, 5.41) is 0. The Bertz CT molecular complexity index is 146. The number of allylic oxidation sites excluding steroid dienone is 2. The van der Waals surface area contributed by atoms with E-state index in [1.165, 1.54) is 18.4 Å². The third-order valence-corrected chi connectivity index (χ3v) is 1.65. The Morgan fingerprint density at radius 3 is 2.62 bits per heavy atom. The SMILES string of the molecule is C#CC(C)C1=CCC1. The van der Waals surface area contributed by atoms with E-state index in [1.54, 1.807) is 0 Å². The van der Waals surface area contributed by atoms with Gasteiger partial charge in [0.2, 0.25) is 0 Å². The number of hydrogen-bond acceptors (Lipinski definition) is 0. The normalized spacial score (nSPS) is 20.2. The molecule has 0 amide bonds. The fraction of sp³-hybridized carbons (Fsp3) is 0.500. The van der Waals surface area contributed by atoms with Crippen LogP contribution in [-0.2, 0) is 0 Å². The van der Waals surface area contributed by atoms with E-state index < -0.39 is 0 Å². The summed E-state index contributed by atoms with van der Waals surface area (Å²) < 4.78 is 0. The van der Waals surface area contributed by atoms with Gasteiger partial charge in [-0.25, -0.2) is 0 Å². The standard InChI is InChI=1S/C8H10/c1-3-7(2)8-5-4-6-8/h1,5,7H,4,6H2,2H3. The van der Waals surface area contributed by atoms with E-state index >= 15 is 0 Å². The molecule has 0 bridgehead atoms. The minimum absolute atomic E-state index is 0.392. The molecule has 0 nitrogen and oxygen atoms in total. The molecule has 1 unspecified atom stereocenters. The lowest BCUT2D eigenvalue weighted by atomic mass is 9.89. The molecule has 0 aliphatic heterocycles. The van der Waals surface area contributed by atoms with E-state index in [-0.39, 0.29) is 0 Å². The summed E-state index contributed by atoms with van der Waals surface area (Å²) in [6.45, 7) is 2.07. The molecule has 0 aromatic heterocycles. The summed E-state index contributed by atoms with van der Waals surface area (Å²) >= 11 is 0. The maximum absolute atomic E-state index is 5.19. The van der Waals surface area contributed by atoms with Crippen LogP contribution >= 0.6 is 0 Å². The quantitative estimate of drug-likeness (QED) is 0.354. The Hall–Kier alpha value is -0.700. The largest absolute Gasteiger partial charge is 0.119 e. The zero-order valence-electron chi connectivity index (χ0n) is 5.15. The predicted octanol–water partition coefficient (Wildman–Crippen LogP) is 1.98. The average molecular weight is 106 g/mol. The molecule has 1 aliphatic carbocycles. The van der Waals surface area contributed by atoms with E-state index in [2.05, 4.69) is 18.9 Å². The Morgan fingerprint density at radius 1 is 1.88 bits per heavy atom. The monoisotopic (exact) mass is 106 g/mol. The highest BCUT2D eigenvalue weighted by Crippen LogP contribution is 2.24. The van der Waals surface area contributed by atoms with E-state index in [9.17, 15) is 0 Å². The highest BCUT2D eigenvalue weighted by atomic mass is 14.1. The van der Waals surface area contributed by atoms with Gasteiger partial charge in [0.15, 0.2) is 0 Å². The summed E-state index contributed by atoms with van der Waals surface area (Å²) in [7, 11) is 0. The number of terminal acetylenes is 1. The topological polar surface area (TPSA) is 0 Å². The van der Waals surface area contributed by atoms with Crippen molar-refractivity contribution in [2.45, 2.75) is 19.8 Å². The van der Waals surface area contributed by atoms with Crippen LogP contribution < -0.4 is 0 Å². The maximum atomic E-state index is 5.19. The fourth-order valence-corrected chi connectivity index (χ4v) is 0.811. The molecule has 0 saturated carbocycles. The van der Waals surface area contributed by atoms with Crippen molar-refractivity contribution in [3.05, 3.63) is 11.6 Å². The zero-order valence-corrected chi connectivity index (χ0v) is 5.15. The van der Waals surface area contributed by atoms with Crippen molar-refractivity contribution >= 4 is 0 Å². The van der Waals surface area contributed by atoms with Gasteiger partial charge in [-0.2, -0.15) is 0 Å². The van der Waals surface area contributed by atoms with Crippen LogP contribution in [0.5, 0.6) is 0 Å². The van der Waals surface area contributed by atoms with Gasteiger partial charge < -0.3 is 0 Å². The Kier molecular flexibility index (Phi) is 1.39. The summed E-state index contributed by atoms with van der Waals surface area (Å²) in [6, 6.07) is 0. The van der Waals surface area contributed by atoms with Crippen molar-refractivity contribution in [2.24, 2.45) is 5.92 Å². The number of hydrogen-bond donors (Lipinski definition) is 0. The third-order valence-electron chi connectivity index (χ3n) is 1.65. The molecule has 0 spiro atoms. The van der Waals surface area contributed by atoms with Gasteiger partial charge in [0, 0.05) is 5.92 Å². The van der Waals surface area contributed by atoms with Crippen LogP contribution in [0.1, 0.15) is 19.8 Å². The van der Waals surface area contributed by atoms with Gasteiger partial charge in [-0.3, -0.25) is 0 Å². The lowest BCUT2D eigenvalue weighted by Gasteiger charge is -2.16. The Labute approximate surface area is 50.6 Å². The molecule has 0 radical (unpaired) electrons. The summed E-state index contributed by atoms with van der Waals surface area (Å²) in [6.07, 6.45) is 9.88. The zero-order chi connectivity index (χ0) is 5.98. The first-order chi connectivity index (χ1) is 3.84. The van der Waals surface area contributed by atoms with Crippen LogP contribution in [0.15, 0.2) is 11.6 Å². The molecule has 42 valence electrons. The summed E-state index contributed by atoms with van der Waals surface area (Å²) in [4.78, 5) is 0. The molecule has 0 N–H and O–H groups in total. The van der Waals surface area contributed by atoms with Gasteiger partial charge in [-0.1, -0.05) is 17.6 Å². The smallest absolute Gasteiger partial charge is 0.0381 e. The molecule has 8 heavy (non-hydrogen) atoms. The van der Waals surface area contributed by atoms with Crippen LogP contribution in [0.4, 0.5) is 0 Å². The highest BCUT2D eigenvalue weighted by molar-refractivity contribution is 5.21. The molecule has 1 rings (SSSR count). The van der Waals surface area contributed by atoms with E-state index in [1.807, 2.05) is 0 Å². The van der Waals surface area contributed by atoms with Crippen LogP contribution in [0, 0.1) is 18.3 Å². The molecule has 0 aromatic carbocycles. The van der Waals surface area contributed by atoms with Gasteiger partial charge >= 0.3 is 0 Å². The summed E-state index contributed by atoms with van der Waals surface area (Å²) in [5.74, 6) is 3.09. The fourth-order valence-electron chi connectivity index (χ4n) is 0.811. The average Bonchev–Trinajstić information content (AvgIpc) is 1.62. The van der Waals surface area contributed by atoms with Crippen molar-refractivity contribution in [1.29, 1.82) is 0 Å². The van der Waals surface area contributed by atoms with Crippen LogP contribution in [0.3, 0.4) is 0 Å². The molecule has 1 aliphatic rings. The van der Waals surface area contributed by atoms with Crippen molar-refractivity contribution in [2.75, 3.05) is 0 Å². The first-order valence-electron chi connectivity index (χ1n) is 2.99. The van der Waals surface area contributed by atoms with Gasteiger partial charge in [0.1, 0.15) is 0 Å². The van der Waals surface area contributed by atoms with Crippen LogP contribution in [-0.4, -0.2) is 0 Å². The van der Waals surface area contributed by atoms with Crippen LogP contribution in [0.25, 0.3) is 0 Å². The van der Waals surface area contributed by atoms with Gasteiger partial charge in [0.25, 0.3) is 0 Å². The third kappa shape index (κ3) is 0.767. The summed E-state index contributed by atoms with van der Waals surface area (Å²) in [5.41, 5.74) is 1.45. The van der Waals surface area contributed by atoms with Gasteiger partial charge in [-0.05, 0) is 19.8 Å². The second-order valence-corrected chi connectivity index (χ2v) is 2.21. The molecule has 0 fully saturated rings. The first kappa shape index (κ1) is 5.44. The van der Waals surface area contributed by atoms with Gasteiger partial charge in [-0.15, -0.1) is 6.42 Å². The lowest BCUT2D eigenvalue weighted by molar-refractivity contribution is 0.734. The molecule has 0 aromatic rings. The van der Waals surface area contributed by atoms with Crippen molar-refractivity contribution in [3.8, 4) is 12.3 Å².